The van der Waals surface area contributed by atoms with E-state index in [0.717, 1.165) is 75.0 Å². The summed E-state index contributed by atoms with van der Waals surface area (Å²) in [7, 11) is 0. The van der Waals surface area contributed by atoms with Crippen molar-refractivity contribution in [2.45, 2.75) is 45.1 Å². The molecule has 1 aliphatic carbocycles. The first kappa shape index (κ1) is 22.3. The van der Waals surface area contributed by atoms with Gasteiger partial charge < -0.3 is 10.2 Å². The number of nitrogens with zero attached hydrogens (tertiary/aromatic N) is 3. The Labute approximate surface area is 193 Å². The van der Waals surface area contributed by atoms with E-state index < -0.39 is 0 Å². The zero-order valence-electron chi connectivity index (χ0n) is 17.8. The van der Waals surface area contributed by atoms with Crippen molar-refractivity contribution in [3.63, 3.8) is 0 Å². The summed E-state index contributed by atoms with van der Waals surface area (Å²) in [6, 6.07) is 10.4. The van der Waals surface area contributed by atoms with Gasteiger partial charge in [0.15, 0.2) is 0 Å². The summed E-state index contributed by atoms with van der Waals surface area (Å²) in [5.74, 6) is 0.0114. The fourth-order valence-electron chi connectivity index (χ4n) is 4.48. The molecule has 1 saturated heterocycles. The maximum atomic E-state index is 12.6. The van der Waals surface area contributed by atoms with Crippen LogP contribution in [0.1, 0.15) is 47.3 Å². The van der Waals surface area contributed by atoms with Crippen LogP contribution >= 0.6 is 22.9 Å². The van der Waals surface area contributed by atoms with E-state index >= 15 is 0 Å². The molecule has 1 aromatic heterocycles. The fraction of sp³-hybridized carbons (Fsp3) is 0.500. The molecule has 164 valence electrons. The molecule has 0 atom stereocenters. The Morgan fingerprint density at radius 3 is 2.61 bits per heavy atom. The van der Waals surface area contributed by atoms with Gasteiger partial charge in [0, 0.05) is 42.5 Å². The minimum Gasteiger partial charge on any atom is -0.317 e. The summed E-state index contributed by atoms with van der Waals surface area (Å²) in [4.78, 5) is 18.7. The quantitative estimate of drug-likeness (QED) is 0.685. The van der Waals surface area contributed by atoms with Crippen LogP contribution in [-0.2, 0) is 24.2 Å². The molecule has 0 radical (unpaired) electrons. The van der Waals surface area contributed by atoms with Gasteiger partial charge in [-0.2, -0.15) is 5.26 Å². The number of rotatable bonds is 6. The zero-order valence-corrected chi connectivity index (χ0v) is 19.4. The van der Waals surface area contributed by atoms with Crippen molar-refractivity contribution in [1.29, 1.82) is 5.26 Å². The molecule has 1 N–H and O–H groups in total. The van der Waals surface area contributed by atoms with Gasteiger partial charge in [-0.3, -0.25) is 9.69 Å². The topological polar surface area (TPSA) is 59.4 Å². The van der Waals surface area contributed by atoms with Crippen LogP contribution in [0.4, 0.5) is 5.00 Å². The average Bonchev–Trinajstić information content (AvgIpc) is 2.96. The van der Waals surface area contributed by atoms with E-state index in [9.17, 15) is 10.1 Å². The third-order valence-corrected chi connectivity index (χ3v) is 7.65. The highest BCUT2D eigenvalue weighted by molar-refractivity contribution is 7.16. The molecule has 2 aromatic rings. The first-order valence-corrected chi connectivity index (χ1v) is 12.4. The highest BCUT2D eigenvalue weighted by Crippen LogP contribution is 2.37. The SMILES string of the molecule is N#Cc1c(NC(=O)CCN2CCCN(Cc3ccc(Cl)cc3)CC2)sc2c1CCCC2. The van der Waals surface area contributed by atoms with E-state index in [1.54, 1.807) is 11.3 Å². The number of benzene rings is 1. The number of thiophene rings is 1. The molecule has 5 nitrogen and oxygen atoms in total. The number of nitriles is 1. The van der Waals surface area contributed by atoms with E-state index in [1.807, 2.05) is 12.1 Å². The zero-order chi connectivity index (χ0) is 21.6. The van der Waals surface area contributed by atoms with E-state index in [2.05, 4.69) is 33.3 Å². The third kappa shape index (κ3) is 5.87. The number of nitrogens with one attached hydrogen (secondary N) is 1. The summed E-state index contributed by atoms with van der Waals surface area (Å²) in [6.07, 6.45) is 5.87. The van der Waals surface area contributed by atoms with Crippen LogP contribution < -0.4 is 5.32 Å². The smallest absolute Gasteiger partial charge is 0.226 e. The number of aryl methyl sites for hydroxylation is 1. The van der Waals surface area contributed by atoms with Gasteiger partial charge in [0.05, 0.1) is 5.56 Å². The number of hydrogen-bond acceptors (Lipinski definition) is 5. The average molecular weight is 457 g/mol. The monoisotopic (exact) mass is 456 g/mol. The predicted octanol–water partition coefficient (Wildman–Crippen LogP) is 4.69. The van der Waals surface area contributed by atoms with E-state index in [0.29, 0.717) is 12.0 Å². The molecule has 1 aromatic carbocycles. The standard InChI is InChI=1S/C24H29ClN4OS/c25-19-8-6-18(7-9-19)17-29-12-3-11-28(14-15-29)13-10-23(30)27-24-21(16-26)20-4-1-2-5-22(20)31-24/h6-9H,1-5,10-15,17H2,(H,27,30). The number of anilines is 1. The van der Waals surface area contributed by atoms with E-state index in [-0.39, 0.29) is 5.91 Å². The van der Waals surface area contributed by atoms with Crippen molar-refractivity contribution in [3.05, 3.63) is 50.9 Å². The minimum absolute atomic E-state index is 0.0114. The number of hydrogen-bond donors (Lipinski definition) is 1. The van der Waals surface area contributed by atoms with Crippen LogP contribution in [0.5, 0.6) is 0 Å². The van der Waals surface area contributed by atoms with Gasteiger partial charge in [-0.25, -0.2) is 0 Å². The lowest BCUT2D eigenvalue weighted by molar-refractivity contribution is -0.116. The first-order chi connectivity index (χ1) is 15.1. The number of halogens is 1. The molecule has 0 saturated carbocycles. The number of fused-ring (bicyclic) bond motifs is 1. The minimum atomic E-state index is 0.0114. The van der Waals surface area contributed by atoms with Crippen molar-refractivity contribution >= 4 is 33.8 Å². The lowest BCUT2D eigenvalue weighted by Crippen LogP contribution is -2.32. The van der Waals surface area contributed by atoms with Gasteiger partial charge >= 0.3 is 0 Å². The first-order valence-electron chi connectivity index (χ1n) is 11.2. The van der Waals surface area contributed by atoms with Crippen LogP contribution in [0.15, 0.2) is 24.3 Å². The second-order valence-electron chi connectivity index (χ2n) is 8.42. The van der Waals surface area contributed by atoms with Crippen molar-refractivity contribution < 1.29 is 4.79 Å². The summed E-state index contributed by atoms with van der Waals surface area (Å²) >= 11 is 7.58. The van der Waals surface area contributed by atoms with Crippen LogP contribution in [0.25, 0.3) is 0 Å². The Kier molecular flexibility index (Phi) is 7.62. The summed E-state index contributed by atoms with van der Waals surface area (Å²) in [5.41, 5.74) is 3.15. The maximum absolute atomic E-state index is 12.6. The highest BCUT2D eigenvalue weighted by atomic mass is 35.5. The van der Waals surface area contributed by atoms with Crippen LogP contribution in [0, 0.1) is 11.3 Å². The Morgan fingerprint density at radius 2 is 1.81 bits per heavy atom. The molecule has 0 spiro atoms. The van der Waals surface area contributed by atoms with E-state index in [4.69, 9.17) is 11.6 Å². The van der Waals surface area contributed by atoms with Gasteiger partial charge in [-0.1, -0.05) is 23.7 Å². The lowest BCUT2D eigenvalue weighted by atomic mass is 9.96. The molecule has 1 aliphatic heterocycles. The normalized spacial score (nSPS) is 17.5. The maximum Gasteiger partial charge on any atom is 0.226 e. The van der Waals surface area contributed by atoms with Gasteiger partial charge in [0.1, 0.15) is 11.1 Å². The van der Waals surface area contributed by atoms with Gasteiger partial charge in [-0.05, 0) is 68.5 Å². The fourth-order valence-corrected chi connectivity index (χ4v) is 5.86. The van der Waals surface area contributed by atoms with Gasteiger partial charge in [0.2, 0.25) is 5.91 Å². The molecular formula is C24H29ClN4OS. The molecule has 1 amide bonds. The Bertz CT molecular complexity index is 950. The molecule has 1 fully saturated rings. The van der Waals surface area contributed by atoms with E-state index in [1.165, 1.54) is 22.4 Å². The summed E-state index contributed by atoms with van der Waals surface area (Å²) in [6.45, 7) is 5.75. The molecule has 2 aliphatic rings. The molecule has 2 heterocycles. The van der Waals surface area contributed by atoms with Crippen LogP contribution in [0.2, 0.25) is 5.02 Å². The number of carbonyl (C=O) groups is 1. The van der Waals surface area contributed by atoms with Gasteiger partial charge in [0.25, 0.3) is 0 Å². The number of carbonyl (C=O) groups excluding carboxylic acids is 1. The van der Waals surface area contributed by atoms with Crippen molar-refractivity contribution in [1.82, 2.24) is 9.80 Å². The van der Waals surface area contributed by atoms with Crippen LogP contribution in [-0.4, -0.2) is 48.4 Å². The molecular weight excluding hydrogens is 428 g/mol. The largest absolute Gasteiger partial charge is 0.317 e. The molecule has 0 bridgehead atoms. The second-order valence-corrected chi connectivity index (χ2v) is 9.96. The second kappa shape index (κ2) is 10.6. The summed E-state index contributed by atoms with van der Waals surface area (Å²) in [5, 5.41) is 14.1. The Balaban J connectivity index is 1.25. The summed E-state index contributed by atoms with van der Waals surface area (Å²) < 4.78 is 0. The van der Waals surface area contributed by atoms with Crippen molar-refractivity contribution in [2.75, 3.05) is 38.0 Å². The molecule has 0 unspecified atom stereocenters. The Morgan fingerprint density at radius 1 is 1.06 bits per heavy atom. The Hall–Kier alpha value is -1.91. The number of amides is 1. The van der Waals surface area contributed by atoms with Crippen molar-refractivity contribution in [2.24, 2.45) is 0 Å². The van der Waals surface area contributed by atoms with Crippen LogP contribution in [0.3, 0.4) is 0 Å². The third-order valence-electron chi connectivity index (χ3n) is 6.19. The molecule has 31 heavy (non-hydrogen) atoms. The molecule has 4 rings (SSSR count). The highest BCUT2D eigenvalue weighted by Gasteiger charge is 2.22. The van der Waals surface area contributed by atoms with Crippen molar-refractivity contribution in [3.8, 4) is 6.07 Å². The predicted molar refractivity (Wildman–Crippen MR) is 127 cm³/mol. The molecule has 7 heteroatoms. The van der Waals surface area contributed by atoms with Gasteiger partial charge in [-0.15, -0.1) is 11.3 Å². The lowest BCUT2D eigenvalue weighted by Gasteiger charge is -2.21.